The zero-order valence-electron chi connectivity index (χ0n) is 11.1. The minimum atomic E-state index is -0.324. The minimum absolute atomic E-state index is 0.324. The number of methoxy groups -OCH3 is 1. The van der Waals surface area contributed by atoms with Crippen LogP contribution >= 0.6 is 0 Å². The molecule has 0 heterocycles. The van der Waals surface area contributed by atoms with E-state index in [4.69, 9.17) is 4.74 Å². The first-order valence-electron chi connectivity index (χ1n) is 6.28. The molecule has 2 aromatic rings. The van der Waals surface area contributed by atoms with E-state index in [1.54, 1.807) is 6.07 Å². The summed E-state index contributed by atoms with van der Waals surface area (Å²) in [6.45, 7) is 2.75. The molecule has 0 aliphatic rings. The highest BCUT2D eigenvalue weighted by molar-refractivity contribution is 5.96. The van der Waals surface area contributed by atoms with Crippen molar-refractivity contribution in [2.24, 2.45) is 0 Å². The third-order valence-corrected chi connectivity index (χ3v) is 2.90. The Morgan fingerprint density at radius 1 is 1.11 bits per heavy atom. The van der Waals surface area contributed by atoms with E-state index in [2.05, 4.69) is 5.32 Å². The number of rotatable bonds is 4. The molecule has 19 heavy (non-hydrogen) atoms. The summed E-state index contributed by atoms with van der Waals surface area (Å²) < 4.78 is 4.79. The Morgan fingerprint density at radius 2 is 1.84 bits per heavy atom. The second kappa shape index (κ2) is 6.05. The molecule has 2 rings (SSSR count). The van der Waals surface area contributed by atoms with Crippen LogP contribution in [-0.2, 0) is 4.74 Å². The lowest BCUT2D eigenvalue weighted by Gasteiger charge is -2.11. The molecule has 2 aromatic carbocycles. The smallest absolute Gasteiger partial charge is 0.339 e. The molecule has 0 aliphatic heterocycles. The van der Waals surface area contributed by atoms with Gasteiger partial charge < -0.3 is 10.1 Å². The lowest BCUT2D eigenvalue weighted by Crippen LogP contribution is -2.08. The molecule has 0 bridgehead atoms. The molecule has 0 spiro atoms. The monoisotopic (exact) mass is 255 g/mol. The number of esters is 1. The number of nitrogens with one attached hydrogen (secondary N) is 1. The average molecular weight is 255 g/mol. The molecular weight excluding hydrogens is 238 g/mol. The Kier molecular flexibility index (Phi) is 4.18. The molecule has 0 radical (unpaired) electrons. The van der Waals surface area contributed by atoms with Crippen molar-refractivity contribution in [1.82, 2.24) is 0 Å². The molecule has 1 N–H and O–H groups in total. The summed E-state index contributed by atoms with van der Waals surface area (Å²) in [5.41, 5.74) is 3.56. The zero-order chi connectivity index (χ0) is 13.7. The third kappa shape index (κ3) is 2.94. The van der Waals surface area contributed by atoms with Crippen LogP contribution in [0.1, 0.15) is 17.3 Å². The van der Waals surface area contributed by atoms with E-state index in [-0.39, 0.29) is 5.97 Å². The minimum Gasteiger partial charge on any atom is -0.465 e. The molecule has 0 saturated carbocycles. The Balaban J connectivity index is 2.44. The topological polar surface area (TPSA) is 38.3 Å². The van der Waals surface area contributed by atoms with Crippen molar-refractivity contribution < 1.29 is 9.53 Å². The molecule has 3 nitrogen and oxygen atoms in total. The molecule has 0 saturated heterocycles. The first-order chi connectivity index (χ1) is 9.26. The van der Waals surface area contributed by atoms with Gasteiger partial charge in [-0.15, -0.1) is 0 Å². The van der Waals surface area contributed by atoms with E-state index < -0.39 is 0 Å². The van der Waals surface area contributed by atoms with Crippen LogP contribution in [0.15, 0.2) is 48.5 Å². The van der Waals surface area contributed by atoms with E-state index in [9.17, 15) is 4.79 Å². The Labute approximate surface area is 113 Å². The Bertz CT molecular complexity index is 564. The summed E-state index contributed by atoms with van der Waals surface area (Å²) in [6, 6.07) is 15.8. The van der Waals surface area contributed by atoms with Gasteiger partial charge in [-0.05, 0) is 30.2 Å². The first-order valence-corrected chi connectivity index (χ1v) is 6.28. The summed E-state index contributed by atoms with van der Waals surface area (Å²) in [5.74, 6) is -0.324. The fourth-order valence-corrected chi connectivity index (χ4v) is 1.98. The second-order valence-electron chi connectivity index (χ2n) is 4.15. The van der Waals surface area contributed by atoms with Gasteiger partial charge in [0, 0.05) is 12.2 Å². The van der Waals surface area contributed by atoms with Crippen molar-refractivity contribution in [2.75, 3.05) is 19.0 Å². The molecule has 0 fully saturated rings. The highest BCUT2D eigenvalue weighted by Gasteiger charge is 2.12. The van der Waals surface area contributed by atoms with Crippen LogP contribution in [0, 0.1) is 0 Å². The Hall–Kier alpha value is -2.29. The van der Waals surface area contributed by atoms with Gasteiger partial charge in [-0.25, -0.2) is 4.79 Å². The fourth-order valence-electron chi connectivity index (χ4n) is 1.98. The van der Waals surface area contributed by atoms with Crippen LogP contribution < -0.4 is 5.32 Å². The molecule has 0 atom stereocenters. The SMILES string of the molecule is CCNc1cc(-c2ccccc2)ccc1C(=O)OC. The standard InChI is InChI=1S/C16H17NO2/c1-3-17-15-11-13(12-7-5-4-6-8-12)9-10-14(15)16(18)19-2/h4-11,17H,3H2,1-2H3. The van der Waals surface area contributed by atoms with Crippen LogP contribution in [0.3, 0.4) is 0 Å². The van der Waals surface area contributed by atoms with Gasteiger partial charge in [-0.1, -0.05) is 36.4 Å². The number of benzene rings is 2. The third-order valence-electron chi connectivity index (χ3n) is 2.90. The summed E-state index contributed by atoms with van der Waals surface area (Å²) in [7, 11) is 1.39. The van der Waals surface area contributed by atoms with Crippen molar-refractivity contribution in [3.63, 3.8) is 0 Å². The lowest BCUT2D eigenvalue weighted by molar-refractivity contribution is 0.0602. The van der Waals surface area contributed by atoms with E-state index >= 15 is 0 Å². The molecule has 0 aliphatic carbocycles. The summed E-state index contributed by atoms with van der Waals surface area (Å²) in [6.07, 6.45) is 0. The first kappa shape index (κ1) is 13.1. The van der Waals surface area contributed by atoms with Crippen molar-refractivity contribution in [3.05, 3.63) is 54.1 Å². The van der Waals surface area contributed by atoms with Gasteiger partial charge in [0.05, 0.1) is 12.7 Å². The molecular formula is C16H17NO2. The van der Waals surface area contributed by atoms with Crippen LogP contribution in [0.5, 0.6) is 0 Å². The van der Waals surface area contributed by atoms with Crippen molar-refractivity contribution in [3.8, 4) is 11.1 Å². The van der Waals surface area contributed by atoms with Gasteiger partial charge in [-0.2, -0.15) is 0 Å². The number of hydrogen-bond acceptors (Lipinski definition) is 3. The van der Waals surface area contributed by atoms with E-state index in [0.717, 1.165) is 23.4 Å². The maximum absolute atomic E-state index is 11.7. The molecule has 0 unspecified atom stereocenters. The number of carbonyl (C=O) groups is 1. The van der Waals surface area contributed by atoms with E-state index in [1.807, 2.05) is 49.4 Å². The van der Waals surface area contributed by atoms with Crippen molar-refractivity contribution in [2.45, 2.75) is 6.92 Å². The van der Waals surface area contributed by atoms with Crippen LogP contribution in [0.4, 0.5) is 5.69 Å². The van der Waals surface area contributed by atoms with Crippen LogP contribution in [-0.4, -0.2) is 19.6 Å². The lowest BCUT2D eigenvalue weighted by atomic mass is 10.0. The Morgan fingerprint density at radius 3 is 2.47 bits per heavy atom. The van der Waals surface area contributed by atoms with Gasteiger partial charge in [0.15, 0.2) is 0 Å². The zero-order valence-corrected chi connectivity index (χ0v) is 11.1. The average Bonchev–Trinajstić information content (AvgIpc) is 2.47. The highest BCUT2D eigenvalue weighted by atomic mass is 16.5. The second-order valence-corrected chi connectivity index (χ2v) is 4.15. The molecule has 0 aromatic heterocycles. The van der Waals surface area contributed by atoms with E-state index in [0.29, 0.717) is 5.56 Å². The predicted molar refractivity (Wildman–Crippen MR) is 77.4 cm³/mol. The maximum atomic E-state index is 11.7. The van der Waals surface area contributed by atoms with Gasteiger partial charge in [0.1, 0.15) is 0 Å². The predicted octanol–water partition coefficient (Wildman–Crippen LogP) is 3.57. The van der Waals surface area contributed by atoms with Gasteiger partial charge in [-0.3, -0.25) is 0 Å². The van der Waals surface area contributed by atoms with Crippen molar-refractivity contribution >= 4 is 11.7 Å². The van der Waals surface area contributed by atoms with Gasteiger partial charge in [0.2, 0.25) is 0 Å². The summed E-state index contributed by atoms with van der Waals surface area (Å²) in [4.78, 5) is 11.7. The summed E-state index contributed by atoms with van der Waals surface area (Å²) in [5, 5.41) is 3.20. The number of hydrogen-bond donors (Lipinski definition) is 1. The van der Waals surface area contributed by atoms with Crippen molar-refractivity contribution in [1.29, 1.82) is 0 Å². The largest absolute Gasteiger partial charge is 0.465 e. The molecule has 0 amide bonds. The molecule has 98 valence electrons. The maximum Gasteiger partial charge on any atom is 0.339 e. The number of ether oxygens (including phenoxy) is 1. The summed E-state index contributed by atoms with van der Waals surface area (Å²) >= 11 is 0. The normalized spacial score (nSPS) is 10.0. The highest BCUT2D eigenvalue weighted by Crippen LogP contribution is 2.26. The number of anilines is 1. The van der Waals surface area contributed by atoms with Gasteiger partial charge in [0.25, 0.3) is 0 Å². The van der Waals surface area contributed by atoms with Crippen LogP contribution in [0.25, 0.3) is 11.1 Å². The van der Waals surface area contributed by atoms with E-state index in [1.165, 1.54) is 7.11 Å². The molecule has 3 heteroatoms. The van der Waals surface area contributed by atoms with Gasteiger partial charge >= 0.3 is 5.97 Å². The number of carbonyl (C=O) groups excluding carboxylic acids is 1. The van der Waals surface area contributed by atoms with Crippen LogP contribution in [0.2, 0.25) is 0 Å². The quantitative estimate of drug-likeness (QED) is 0.849. The fraction of sp³-hybridized carbons (Fsp3) is 0.188.